The quantitative estimate of drug-likeness (QED) is 0.749. The molecule has 88 valence electrons. The molecule has 0 aliphatic rings. The maximum atomic E-state index is 11.6. The predicted octanol–water partition coefficient (Wildman–Crippen LogP) is 2.87. The van der Waals surface area contributed by atoms with Crippen LogP contribution in [0.25, 0.3) is 0 Å². The number of aryl methyl sites for hydroxylation is 1. The highest BCUT2D eigenvalue weighted by molar-refractivity contribution is 5.79. The number of nitrogens with one attached hydrogen (secondary N) is 2. The number of amides is 1. The smallest absolute Gasteiger partial charge is 0.241 e. The van der Waals surface area contributed by atoms with E-state index in [2.05, 4.69) is 17.8 Å². The fourth-order valence-corrected chi connectivity index (χ4v) is 1.53. The first-order valence-corrected chi connectivity index (χ1v) is 5.76. The van der Waals surface area contributed by atoms with Gasteiger partial charge in [-0.1, -0.05) is 38.5 Å². The first-order valence-electron chi connectivity index (χ1n) is 5.76. The van der Waals surface area contributed by atoms with Crippen LogP contribution in [0.3, 0.4) is 0 Å². The molecule has 0 fully saturated rings. The molecule has 1 amide bonds. The second-order valence-electron chi connectivity index (χ2n) is 4.12. The van der Waals surface area contributed by atoms with Crippen LogP contribution in [0.4, 0.5) is 5.69 Å². The molecule has 1 atom stereocenters. The number of benzene rings is 1. The zero-order valence-corrected chi connectivity index (χ0v) is 10.2. The molecule has 16 heavy (non-hydrogen) atoms. The van der Waals surface area contributed by atoms with Crippen LogP contribution in [-0.2, 0) is 4.79 Å². The van der Waals surface area contributed by atoms with Gasteiger partial charge in [-0.25, -0.2) is 0 Å². The van der Waals surface area contributed by atoms with Crippen LogP contribution < -0.4 is 10.9 Å². The predicted molar refractivity (Wildman–Crippen MR) is 67.0 cm³/mol. The van der Waals surface area contributed by atoms with Crippen LogP contribution >= 0.6 is 0 Å². The van der Waals surface area contributed by atoms with Gasteiger partial charge in [-0.2, -0.15) is 0 Å². The number of carbonyl (C=O) groups is 1. The lowest BCUT2D eigenvalue weighted by molar-refractivity contribution is -0.124. The Bertz CT molecular complexity index is 350. The number of rotatable bonds is 5. The van der Waals surface area contributed by atoms with E-state index in [-0.39, 0.29) is 11.8 Å². The zero-order chi connectivity index (χ0) is 12.0. The SMILES string of the molecule is CCCC(C)C(=O)NNc1ccccc1C. The summed E-state index contributed by atoms with van der Waals surface area (Å²) in [6.45, 7) is 6.03. The van der Waals surface area contributed by atoms with Gasteiger partial charge in [0.2, 0.25) is 5.91 Å². The molecule has 1 aromatic carbocycles. The third-order valence-electron chi connectivity index (χ3n) is 2.63. The summed E-state index contributed by atoms with van der Waals surface area (Å²) in [5.74, 6) is 0.103. The van der Waals surface area contributed by atoms with Gasteiger partial charge in [0.05, 0.1) is 5.69 Å². The lowest BCUT2D eigenvalue weighted by Crippen LogP contribution is -2.34. The minimum Gasteiger partial charge on any atom is -0.298 e. The normalized spacial score (nSPS) is 11.9. The third kappa shape index (κ3) is 3.57. The maximum Gasteiger partial charge on any atom is 0.241 e. The number of anilines is 1. The van der Waals surface area contributed by atoms with E-state index in [4.69, 9.17) is 0 Å². The van der Waals surface area contributed by atoms with Gasteiger partial charge in [-0.3, -0.25) is 15.6 Å². The van der Waals surface area contributed by atoms with Gasteiger partial charge >= 0.3 is 0 Å². The summed E-state index contributed by atoms with van der Waals surface area (Å²) in [7, 11) is 0. The molecule has 0 aromatic heterocycles. The summed E-state index contributed by atoms with van der Waals surface area (Å²) in [5.41, 5.74) is 7.75. The second-order valence-corrected chi connectivity index (χ2v) is 4.12. The molecule has 1 rings (SSSR count). The minimum absolute atomic E-state index is 0.0464. The molecule has 0 spiro atoms. The minimum atomic E-state index is 0.0464. The Hall–Kier alpha value is -1.51. The summed E-state index contributed by atoms with van der Waals surface area (Å²) in [6.07, 6.45) is 1.94. The van der Waals surface area contributed by atoms with Crippen LogP contribution in [0.15, 0.2) is 24.3 Å². The summed E-state index contributed by atoms with van der Waals surface area (Å²) in [4.78, 5) is 11.6. The van der Waals surface area contributed by atoms with E-state index < -0.39 is 0 Å². The molecule has 0 bridgehead atoms. The van der Waals surface area contributed by atoms with E-state index in [0.717, 1.165) is 24.1 Å². The van der Waals surface area contributed by atoms with Gasteiger partial charge < -0.3 is 0 Å². The summed E-state index contributed by atoms with van der Waals surface area (Å²) >= 11 is 0. The van der Waals surface area contributed by atoms with Gasteiger partial charge in [0, 0.05) is 5.92 Å². The fraction of sp³-hybridized carbons (Fsp3) is 0.462. The van der Waals surface area contributed by atoms with Crippen LogP contribution in [0.1, 0.15) is 32.3 Å². The van der Waals surface area contributed by atoms with Crippen molar-refractivity contribution >= 4 is 11.6 Å². The number of hydrogen-bond donors (Lipinski definition) is 2. The van der Waals surface area contributed by atoms with Crippen molar-refractivity contribution in [2.75, 3.05) is 5.43 Å². The van der Waals surface area contributed by atoms with Crippen molar-refractivity contribution in [3.63, 3.8) is 0 Å². The summed E-state index contributed by atoms with van der Waals surface area (Å²) < 4.78 is 0. The Morgan fingerprint density at radius 1 is 1.38 bits per heavy atom. The Labute approximate surface area is 97.2 Å². The van der Waals surface area contributed by atoms with Gasteiger partial charge in [0.1, 0.15) is 0 Å². The molecule has 3 nitrogen and oxygen atoms in total. The molecule has 0 aliphatic heterocycles. The van der Waals surface area contributed by atoms with Gasteiger partial charge in [-0.15, -0.1) is 0 Å². The molecular weight excluding hydrogens is 200 g/mol. The molecule has 2 N–H and O–H groups in total. The number of carbonyl (C=O) groups excluding carboxylic acids is 1. The van der Waals surface area contributed by atoms with Crippen LogP contribution in [0.5, 0.6) is 0 Å². The molecule has 1 unspecified atom stereocenters. The average Bonchev–Trinajstić information content (AvgIpc) is 2.28. The molecule has 3 heteroatoms. The van der Waals surface area contributed by atoms with Crippen molar-refractivity contribution in [3.8, 4) is 0 Å². The molecule has 0 saturated carbocycles. The number of hydrazine groups is 1. The topological polar surface area (TPSA) is 41.1 Å². The maximum absolute atomic E-state index is 11.6. The van der Waals surface area contributed by atoms with E-state index in [0.29, 0.717) is 0 Å². The monoisotopic (exact) mass is 220 g/mol. The molecular formula is C13H20N2O. The Morgan fingerprint density at radius 3 is 2.69 bits per heavy atom. The lowest BCUT2D eigenvalue weighted by Gasteiger charge is -2.14. The fourth-order valence-electron chi connectivity index (χ4n) is 1.53. The zero-order valence-electron chi connectivity index (χ0n) is 10.2. The van der Waals surface area contributed by atoms with Crippen molar-refractivity contribution in [2.24, 2.45) is 5.92 Å². The molecule has 0 heterocycles. The first-order chi connectivity index (χ1) is 7.65. The van der Waals surface area contributed by atoms with E-state index in [1.165, 1.54) is 0 Å². The highest BCUT2D eigenvalue weighted by atomic mass is 16.2. The Balaban J connectivity index is 2.46. The first kappa shape index (κ1) is 12.6. The Morgan fingerprint density at radius 2 is 2.06 bits per heavy atom. The number of hydrogen-bond acceptors (Lipinski definition) is 2. The third-order valence-corrected chi connectivity index (χ3v) is 2.63. The summed E-state index contributed by atoms with van der Waals surface area (Å²) in [6, 6.07) is 7.86. The van der Waals surface area contributed by atoms with Crippen LogP contribution in [-0.4, -0.2) is 5.91 Å². The Kier molecular flexibility index (Phi) is 4.83. The highest BCUT2D eigenvalue weighted by Gasteiger charge is 2.10. The van der Waals surface area contributed by atoms with Crippen molar-refractivity contribution in [3.05, 3.63) is 29.8 Å². The molecule has 0 radical (unpaired) electrons. The van der Waals surface area contributed by atoms with Crippen molar-refractivity contribution in [1.82, 2.24) is 5.43 Å². The van der Waals surface area contributed by atoms with E-state index in [1.54, 1.807) is 0 Å². The van der Waals surface area contributed by atoms with Gasteiger partial charge in [0.25, 0.3) is 0 Å². The van der Waals surface area contributed by atoms with Crippen molar-refractivity contribution in [1.29, 1.82) is 0 Å². The average molecular weight is 220 g/mol. The highest BCUT2D eigenvalue weighted by Crippen LogP contribution is 2.12. The molecule has 0 aliphatic carbocycles. The van der Waals surface area contributed by atoms with Crippen molar-refractivity contribution in [2.45, 2.75) is 33.6 Å². The van der Waals surface area contributed by atoms with Gasteiger partial charge in [0.15, 0.2) is 0 Å². The van der Waals surface area contributed by atoms with Crippen LogP contribution in [0, 0.1) is 12.8 Å². The lowest BCUT2D eigenvalue weighted by atomic mass is 10.1. The largest absolute Gasteiger partial charge is 0.298 e. The van der Waals surface area contributed by atoms with Crippen LogP contribution in [0.2, 0.25) is 0 Å². The van der Waals surface area contributed by atoms with Gasteiger partial charge in [-0.05, 0) is 25.0 Å². The second kappa shape index (κ2) is 6.16. The van der Waals surface area contributed by atoms with E-state index in [9.17, 15) is 4.79 Å². The van der Waals surface area contributed by atoms with E-state index >= 15 is 0 Å². The standard InChI is InChI=1S/C13H20N2O/c1-4-7-11(3)13(16)15-14-12-9-6-5-8-10(12)2/h5-6,8-9,11,14H,4,7H2,1-3H3,(H,15,16). The molecule has 1 aromatic rings. The molecule has 0 saturated heterocycles. The van der Waals surface area contributed by atoms with Crippen molar-refractivity contribution < 1.29 is 4.79 Å². The van der Waals surface area contributed by atoms with E-state index in [1.807, 2.05) is 38.1 Å². The number of para-hydroxylation sites is 1. The summed E-state index contributed by atoms with van der Waals surface area (Å²) in [5, 5.41) is 0.